The minimum atomic E-state index is -0.660. The molecule has 0 heterocycles. The molecule has 19 heavy (non-hydrogen) atoms. The van der Waals surface area contributed by atoms with E-state index in [-0.39, 0.29) is 35.9 Å². The Morgan fingerprint density at radius 3 is 2.58 bits per heavy atom. The van der Waals surface area contributed by atoms with E-state index in [4.69, 9.17) is 9.47 Å². The molecule has 0 bridgehead atoms. The molecule has 0 aromatic heterocycles. The molecule has 0 N–H and O–H groups in total. The van der Waals surface area contributed by atoms with Gasteiger partial charge in [0, 0.05) is 6.07 Å². The molecule has 0 aliphatic heterocycles. The molecule has 0 aliphatic rings. The minimum absolute atomic E-state index is 0.00318. The van der Waals surface area contributed by atoms with Crippen LogP contribution >= 0.6 is 0 Å². The fraction of sp³-hybridized carbons (Fsp3) is 0.286. The number of Topliss-reactive ketones (excluding diaryl/α,β-unsaturated/α-hetero) is 1. The van der Waals surface area contributed by atoms with Gasteiger partial charge in [-0.25, -0.2) is 9.18 Å². The van der Waals surface area contributed by atoms with Crippen LogP contribution in [0.4, 0.5) is 4.39 Å². The van der Waals surface area contributed by atoms with Crippen molar-refractivity contribution >= 4 is 11.8 Å². The third-order valence-corrected chi connectivity index (χ3v) is 2.30. The van der Waals surface area contributed by atoms with Crippen molar-refractivity contribution in [2.45, 2.75) is 13.8 Å². The van der Waals surface area contributed by atoms with E-state index in [1.54, 1.807) is 6.92 Å². The van der Waals surface area contributed by atoms with Crippen molar-refractivity contribution in [1.82, 2.24) is 0 Å². The highest BCUT2D eigenvalue weighted by atomic mass is 19.1. The lowest BCUT2D eigenvalue weighted by atomic mass is 10.1. The summed E-state index contributed by atoms with van der Waals surface area (Å²) in [5, 5.41) is 0. The number of hydrogen-bond donors (Lipinski definition) is 0. The van der Waals surface area contributed by atoms with Crippen molar-refractivity contribution < 1.29 is 23.5 Å². The van der Waals surface area contributed by atoms with E-state index >= 15 is 0 Å². The average Bonchev–Trinajstić information content (AvgIpc) is 2.35. The number of ether oxygens (including phenoxy) is 2. The van der Waals surface area contributed by atoms with Crippen LogP contribution in [-0.4, -0.2) is 25.0 Å². The third-order valence-electron chi connectivity index (χ3n) is 2.30. The topological polar surface area (TPSA) is 52.6 Å². The van der Waals surface area contributed by atoms with E-state index in [0.29, 0.717) is 0 Å². The lowest BCUT2D eigenvalue weighted by molar-refractivity contribution is -0.138. The van der Waals surface area contributed by atoms with Crippen LogP contribution < -0.4 is 4.74 Å². The van der Waals surface area contributed by atoms with Crippen molar-refractivity contribution in [2.24, 2.45) is 0 Å². The first-order valence-electron chi connectivity index (χ1n) is 5.74. The zero-order chi connectivity index (χ0) is 14.4. The smallest absolute Gasteiger partial charge is 0.336 e. The second-order valence-corrected chi connectivity index (χ2v) is 3.81. The fourth-order valence-corrected chi connectivity index (χ4v) is 1.33. The molecule has 1 aromatic carbocycles. The van der Waals surface area contributed by atoms with Crippen LogP contribution in [0.5, 0.6) is 5.75 Å². The molecule has 4 nitrogen and oxygen atoms in total. The first kappa shape index (κ1) is 14.9. The number of esters is 1. The van der Waals surface area contributed by atoms with Gasteiger partial charge in [0.2, 0.25) is 0 Å². The number of halogens is 1. The average molecular weight is 266 g/mol. The van der Waals surface area contributed by atoms with Gasteiger partial charge in [-0.3, -0.25) is 4.79 Å². The highest BCUT2D eigenvalue weighted by Gasteiger charge is 2.11. The molecule has 0 fully saturated rings. The predicted octanol–water partition coefficient (Wildman–Crippen LogP) is 2.53. The Bertz CT molecular complexity index is 508. The summed E-state index contributed by atoms with van der Waals surface area (Å²) in [5.41, 5.74) is 0.134. The third kappa shape index (κ3) is 4.21. The van der Waals surface area contributed by atoms with Gasteiger partial charge in [-0.2, -0.15) is 0 Å². The minimum Gasteiger partial charge on any atom is -0.489 e. The van der Waals surface area contributed by atoms with Gasteiger partial charge in [-0.15, -0.1) is 0 Å². The molecule has 0 radical (unpaired) electrons. The first-order chi connectivity index (χ1) is 8.95. The van der Waals surface area contributed by atoms with Gasteiger partial charge in [-0.05, 0) is 26.0 Å². The molecule has 0 amide bonds. The Morgan fingerprint density at radius 2 is 2.05 bits per heavy atom. The Kier molecular flexibility index (Phi) is 5.23. The summed E-state index contributed by atoms with van der Waals surface area (Å²) in [5.74, 6) is -1.36. The van der Waals surface area contributed by atoms with E-state index in [2.05, 4.69) is 6.58 Å². The summed E-state index contributed by atoms with van der Waals surface area (Å²) in [6.45, 7) is 6.62. The highest BCUT2D eigenvalue weighted by Crippen LogP contribution is 2.17. The van der Waals surface area contributed by atoms with Crippen molar-refractivity contribution in [3.05, 3.63) is 41.7 Å². The molecule has 0 spiro atoms. The van der Waals surface area contributed by atoms with Crippen molar-refractivity contribution in [3.8, 4) is 5.75 Å². The van der Waals surface area contributed by atoms with Gasteiger partial charge in [0.1, 0.15) is 18.2 Å². The SMILES string of the molecule is C=C(COc1ccc(C(C)=O)c(F)c1)C(=O)OCC. The standard InChI is InChI=1S/C14H15FO4/c1-4-18-14(17)9(2)8-19-11-5-6-12(10(3)16)13(15)7-11/h5-7H,2,4,8H2,1,3H3. The van der Waals surface area contributed by atoms with Gasteiger partial charge >= 0.3 is 5.97 Å². The molecule has 1 rings (SSSR count). The molecular formula is C14H15FO4. The Hall–Kier alpha value is -2.17. The number of ketones is 1. The first-order valence-corrected chi connectivity index (χ1v) is 5.74. The molecule has 0 atom stereocenters. The molecule has 102 valence electrons. The maximum atomic E-state index is 13.5. The molecule has 0 saturated carbocycles. The lowest BCUT2D eigenvalue weighted by Crippen LogP contribution is -2.13. The van der Waals surface area contributed by atoms with E-state index in [0.717, 1.165) is 6.07 Å². The molecule has 0 saturated heterocycles. The van der Waals surface area contributed by atoms with Gasteiger partial charge < -0.3 is 9.47 Å². The monoisotopic (exact) mass is 266 g/mol. The Morgan fingerprint density at radius 1 is 1.37 bits per heavy atom. The van der Waals surface area contributed by atoms with Crippen LogP contribution in [0.1, 0.15) is 24.2 Å². The number of carbonyl (C=O) groups is 2. The van der Waals surface area contributed by atoms with Crippen LogP contribution in [-0.2, 0) is 9.53 Å². The molecular weight excluding hydrogens is 251 g/mol. The van der Waals surface area contributed by atoms with Crippen molar-refractivity contribution in [2.75, 3.05) is 13.2 Å². The summed E-state index contributed by atoms with van der Waals surface area (Å²) < 4.78 is 23.4. The fourth-order valence-electron chi connectivity index (χ4n) is 1.33. The lowest BCUT2D eigenvalue weighted by Gasteiger charge is -2.09. The molecule has 0 aliphatic carbocycles. The van der Waals surface area contributed by atoms with E-state index < -0.39 is 11.8 Å². The predicted molar refractivity (Wildman–Crippen MR) is 67.7 cm³/mol. The second-order valence-electron chi connectivity index (χ2n) is 3.81. The van der Waals surface area contributed by atoms with E-state index in [9.17, 15) is 14.0 Å². The van der Waals surface area contributed by atoms with Crippen LogP contribution in [0, 0.1) is 5.82 Å². The summed E-state index contributed by atoms with van der Waals surface area (Å²) in [7, 11) is 0. The number of hydrogen-bond acceptors (Lipinski definition) is 4. The van der Waals surface area contributed by atoms with Crippen LogP contribution in [0.15, 0.2) is 30.4 Å². The van der Waals surface area contributed by atoms with E-state index in [1.807, 2.05) is 0 Å². The van der Waals surface area contributed by atoms with E-state index in [1.165, 1.54) is 19.1 Å². The van der Waals surface area contributed by atoms with Gasteiger partial charge in [0.05, 0.1) is 17.7 Å². The number of rotatable bonds is 6. The van der Waals surface area contributed by atoms with Crippen molar-refractivity contribution in [1.29, 1.82) is 0 Å². The number of carbonyl (C=O) groups excluding carboxylic acids is 2. The quantitative estimate of drug-likeness (QED) is 0.451. The summed E-state index contributed by atoms with van der Waals surface area (Å²) in [6, 6.07) is 3.88. The summed E-state index contributed by atoms with van der Waals surface area (Å²) in [6.07, 6.45) is 0. The van der Waals surface area contributed by atoms with Crippen LogP contribution in [0.25, 0.3) is 0 Å². The zero-order valence-corrected chi connectivity index (χ0v) is 10.9. The Balaban J connectivity index is 2.64. The van der Waals surface area contributed by atoms with Crippen LogP contribution in [0.3, 0.4) is 0 Å². The maximum Gasteiger partial charge on any atom is 0.336 e. The Labute approximate surface area is 110 Å². The van der Waals surface area contributed by atoms with Crippen molar-refractivity contribution in [3.63, 3.8) is 0 Å². The number of benzene rings is 1. The largest absolute Gasteiger partial charge is 0.489 e. The zero-order valence-electron chi connectivity index (χ0n) is 10.9. The summed E-state index contributed by atoms with van der Waals surface area (Å²) in [4.78, 5) is 22.3. The van der Waals surface area contributed by atoms with Crippen LogP contribution in [0.2, 0.25) is 0 Å². The summed E-state index contributed by atoms with van der Waals surface area (Å²) >= 11 is 0. The second kappa shape index (κ2) is 6.68. The highest BCUT2D eigenvalue weighted by molar-refractivity contribution is 5.94. The maximum absolute atomic E-state index is 13.5. The molecule has 0 unspecified atom stereocenters. The van der Waals surface area contributed by atoms with Gasteiger partial charge in [0.25, 0.3) is 0 Å². The normalized spacial score (nSPS) is 9.84. The molecule has 1 aromatic rings. The molecule has 5 heteroatoms. The van der Waals surface area contributed by atoms with Gasteiger partial charge in [0.15, 0.2) is 5.78 Å². The van der Waals surface area contributed by atoms with Gasteiger partial charge in [-0.1, -0.05) is 6.58 Å².